The van der Waals surface area contributed by atoms with Crippen molar-refractivity contribution in [1.82, 2.24) is 0 Å². The van der Waals surface area contributed by atoms with Crippen LogP contribution in [-0.4, -0.2) is 39.5 Å². The summed E-state index contributed by atoms with van der Waals surface area (Å²) in [5.74, 6) is -3.09. The number of benzene rings is 4. The van der Waals surface area contributed by atoms with Crippen LogP contribution in [0.3, 0.4) is 0 Å². The van der Waals surface area contributed by atoms with Crippen LogP contribution in [0.15, 0.2) is 109 Å². The van der Waals surface area contributed by atoms with Gasteiger partial charge in [-0.2, -0.15) is 0 Å². The van der Waals surface area contributed by atoms with Gasteiger partial charge in [-0.25, -0.2) is 0 Å². The molecule has 0 saturated heterocycles. The molecule has 0 radical (unpaired) electrons. The van der Waals surface area contributed by atoms with E-state index in [1.54, 1.807) is 103 Å². The molecule has 6 rings (SSSR count). The third kappa shape index (κ3) is 12.6. The lowest BCUT2D eigenvalue weighted by Crippen LogP contribution is -2.57. The highest BCUT2D eigenvalue weighted by Crippen LogP contribution is 2.43. The zero-order valence-electron chi connectivity index (χ0n) is 36.5. The van der Waals surface area contributed by atoms with E-state index in [0.717, 1.165) is 70.3 Å². The van der Waals surface area contributed by atoms with E-state index < -0.39 is 29.2 Å². The number of anilines is 2. The van der Waals surface area contributed by atoms with Gasteiger partial charge in [0.2, 0.25) is 11.6 Å². The highest BCUT2D eigenvalue weighted by Gasteiger charge is 2.54. The quantitative estimate of drug-likeness (QED) is 0.0248. The first-order valence-corrected chi connectivity index (χ1v) is 22.5. The minimum absolute atomic E-state index is 0.0792. The van der Waals surface area contributed by atoms with Crippen molar-refractivity contribution < 1.29 is 38.9 Å². The first-order valence-electron chi connectivity index (χ1n) is 22.5. The fraction of sp³-hybridized carbons (Fsp3) is 0.396. The second kappa shape index (κ2) is 21.5. The molecule has 0 atom stereocenters. The molecule has 6 N–H and O–H groups in total. The number of rotatable bonds is 18. The second-order valence-electron chi connectivity index (χ2n) is 17.7. The van der Waals surface area contributed by atoms with Crippen LogP contribution < -0.4 is 20.9 Å². The summed E-state index contributed by atoms with van der Waals surface area (Å²) in [6, 6.07) is 27.1. The van der Waals surface area contributed by atoms with Gasteiger partial charge in [0, 0.05) is 23.2 Å². The SMILES string of the molecule is CCC1CCC(C(=O)Oc2ccc(C=CC(=O)CC(Cc3ccc(N)cc3)(Cc3ccc(N)cc3)C(O)(O)C(=O)C=Cc3ccc(OC(=O)C4CCC(CC)CC4)cc3)cc2)CC1. The van der Waals surface area contributed by atoms with Crippen LogP contribution in [0.25, 0.3) is 12.2 Å². The van der Waals surface area contributed by atoms with Gasteiger partial charge in [0.25, 0.3) is 0 Å². The Labute approximate surface area is 371 Å². The van der Waals surface area contributed by atoms with Crippen molar-refractivity contribution >= 4 is 47.0 Å². The minimum Gasteiger partial charge on any atom is -0.426 e. The normalized spacial score (nSPS) is 19.5. The molecule has 4 aromatic carbocycles. The molecule has 0 heterocycles. The van der Waals surface area contributed by atoms with E-state index in [2.05, 4.69) is 13.8 Å². The summed E-state index contributed by atoms with van der Waals surface area (Å²) in [6.07, 6.45) is 14.6. The topological polar surface area (TPSA) is 179 Å². The lowest BCUT2D eigenvalue weighted by Gasteiger charge is -2.42. The van der Waals surface area contributed by atoms with Gasteiger partial charge in [0.1, 0.15) is 11.5 Å². The molecule has 0 amide bonds. The summed E-state index contributed by atoms with van der Waals surface area (Å²) in [7, 11) is 0. The lowest BCUT2D eigenvalue weighted by molar-refractivity contribution is -0.230. The fourth-order valence-electron chi connectivity index (χ4n) is 9.05. The van der Waals surface area contributed by atoms with E-state index in [4.69, 9.17) is 20.9 Å². The van der Waals surface area contributed by atoms with Crippen molar-refractivity contribution in [3.63, 3.8) is 0 Å². The molecule has 2 fully saturated rings. The Balaban J connectivity index is 1.21. The maximum atomic E-state index is 14.1. The Morgan fingerprint density at radius 3 is 1.33 bits per heavy atom. The molecule has 332 valence electrons. The van der Waals surface area contributed by atoms with Crippen LogP contribution in [0.1, 0.15) is 107 Å². The molecule has 0 unspecified atom stereocenters. The maximum Gasteiger partial charge on any atom is 0.314 e. The number of carbonyl (C=O) groups excluding carboxylic acids is 4. The molecule has 4 aromatic rings. The average Bonchev–Trinajstić information content (AvgIpc) is 3.29. The van der Waals surface area contributed by atoms with Crippen LogP contribution in [-0.2, 0) is 32.0 Å². The predicted molar refractivity (Wildman–Crippen MR) is 247 cm³/mol. The Hall–Kier alpha value is -5.84. The van der Waals surface area contributed by atoms with Gasteiger partial charge in [-0.05, 0) is 159 Å². The number of carbonyl (C=O) groups is 4. The van der Waals surface area contributed by atoms with E-state index in [0.29, 0.717) is 57.0 Å². The number of nitrogen functional groups attached to an aromatic ring is 2. The van der Waals surface area contributed by atoms with Crippen molar-refractivity contribution in [2.24, 2.45) is 29.1 Å². The van der Waals surface area contributed by atoms with E-state index in [9.17, 15) is 29.4 Å². The summed E-state index contributed by atoms with van der Waals surface area (Å²) in [5, 5.41) is 24.4. The van der Waals surface area contributed by atoms with Gasteiger partial charge in [0.15, 0.2) is 5.78 Å². The van der Waals surface area contributed by atoms with Crippen LogP contribution in [0.4, 0.5) is 11.4 Å². The van der Waals surface area contributed by atoms with Crippen molar-refractivity contribution in [1.29, 1.82) is 0 Å². The highest BCUT2D eigenvalue weighted by molar-refractivity contribution is 6.01. The van der Waals surface area contributed by atoms with Crippen molar-refractivity contribution in [2.45, 2.75) is 103 Å². The molecule has 2 aliphatic rings. The molecule has 0 spiro atoms. The highest BCUT2D eigenvalue weighted by atomic mass is 16.5. The van der Waals surface area contributed by atoms with Crippen molar-refractivity contribution in [2.75, 3.05) is 11.5 Å². The van der Waals surface area contributed by atoms with Gasteiger partial charge in [-0.1, -0.05) is 87.4 Å². The Bertz CT molecular complexity index is 2160. The van der Waals surface area contributed by atoms with Crippen LogP contribution >= 0.6 is 0 Å². The van der Waals surface area contributed by atoms with Gasteiger partial charge >= 0.3 is 11.9 Å². The number of nitrogens with two attached hydrogens (primary N) is 2. The molecule has 0 aromatic heterocycles. The number of allylic oxidation sites excluding steroid dienone is 1. The van der Waals surface area contributed by atoms with Gasteiger partial charge in [0.05, 0.1) is 11.8 Å². The lowest BCUT2D eigenvalue weighted by atomic mass is 9.65. The van der Waals surface area contributed by atoms with Gasteiger partial charge in [-0.3, -0.25) is 19.2 Å². The van der Waals surface area contributed by atoms with Crippen LogP contribution in [0, 0.1) is 29.1 Å². The number of ether oxygens (including phenoxy) is 2. The van der Waals surface area contributed by atoms with Crippen LogP contribution in [0.2, 0.25) is 0 Å². The molecule has 0 aliphatic heterocycles. The Kier molecular flexibility index (Phi) is 15.9. The summed E-state index contributed by atoms with van der Waals surface area (Å²) >= 11 is 0. The number of ketones is 2. The van der Waals surface area contributed by atoms with E-state index in [1.165, 1.54) is 12.2 Å². The molecule has 63 heavy (non-hydrogen) atoms. The fourth-order valence-corrected chi connectivity index (χ4v) is 9.05. The van der Waals surface area contributed by atoms with Crippen molar-refractivity contribution in [3.05, 3.63) is 131 Å². The monoisotopic (exact) mass is 854 g/mol. The van der Waals surface area contributed by atoms with Gasteiger partial charge < -0.3 is 31.2 Å². The molecule has 10 heteroatoms. The number of hydrogen-bond donors (Lipinski definition) is 4. The Morgan fingerprint density at radius 1 is 0.571 bits per heavy atom. The van der Waals surface area contributed by atoms with Crippen LogP contribution in [0.5, 0.6) is 11.5 Å². The smallest absolute Gasteiger partial charge is 0.314 e. The predicted octanol–water partition coefficient (Wildman–Crippen LogP) is 9.50. The first-order chi connectivity index (χ1) is 30.2. The van der Waals surface area contributed by atoms with E-state index in [-0.39, 0.29) is 36.6 Å². The third-order valence-corrected chi connectivity index (χ3v) is 13.2. The summed E-state index contributed by atoms with van der Waals surface area (Å²) in [6.45, 7) is 4.36. The zero-order chi connectivity index (χ0) is 45.0. The Morgan fingerprint density at radius 2 is 0.952 bits per heavy atom. The molecule has 10 nitrogen and oxygen atoms in total. The first kappa shape index (κ1) is 46.7. The third-order valence-electron chi connectivity index (χ3n) is 13.2. The molecule has 2 saturated carbocycles. The summed E-state index contributed by atoms with van der Waals surface area (Å²) < 4.78 is 11.4. The largest absolute Gasteiger partial charge is 0.426 e. The minimum atomic E-state index is -3.05. The zero-order valence-corrected chi connectivity index (χ0v) is 36.5. The standard InChI is InChI=1S/C53H62N2O8/c1-3-36-5-19-42(20-6-36)50(58)62-47-28-14-38(15-29-47)13-27-46(56)35-52(33-40-9-23-44(54)24-10-40,34-41-11-25-45(55)26-12-41)53(60,61)49(57)32-18-39-16-30-48(31-17-39)63-51(59)43-21-7-37(4-2)8-22-43/h9-18,23-32,36-37,42-43,60-61H,3-8,19-22,33-35,54-55H2,1-2H3. The van der Waals surface area contributed by atoms with Gasteiger partial charge in [-0.15, -0.1) is 0 Å². The number of aliphatic hydroxyl groups is 2. The average molecular weight is 855 g/mol. The molecule has 2 aliphatic carbocycles. The summed E-state index contributed by atoms with van der Waals surface area (Å²) in [4.78, 5) is 53.9. The number of esters is 2. The molecular formula is C53H62N2O8. The van der Waals surface area contributed by atoms with E-state index >= 15 is 0 Å². The number of hydrogen-bond acceptors (Lipinski definition) is 10. The maximum absolute atomic E-state index is 14.1. The summed E-state index contributed by atoms with van der Waals surface area (Å²) in [5.41, 5.74) is 13.7. The van der Waals surface area contributed by atoms with E-state index in [1.807, 2.05) is 0 Å². The molecule has 0 bridgehead atoms. The molecular weight excluding hydrogens is 793 g/mol. The second-order valence-corrected chi connectivity index (χ2v) is 17.7. The van der Waals surface area contributed by atoms with Crippen molar-refractivity contribution in [3.8, 4) is 11.5 Å².